The van der Waals surface area contributed by atoms with Gasteiger partial charge in [-0.2, -0.15) is 0 Å². The summed E-state index contributed by atoms with van der Waals surface area (Å²) in [5, 5.41) is 0. The lowest BCUT2D eigenvalue weighted by Gasteiger charge is -1.94. The van der Waals surface area contributed by atoms with E-state index in [1.807, 2.05) is 13.8 Å². The molecule has 0 nitrogen and oxygen atoms in total. The quantitative estimate of drug-likeness (QED) is 0.493. The molecule has 11 heavy (non-hydrogen) atoms. The van der Waals surface area contributed by atoms with Crippen LogP contribution in [-0.2, 0) is 0 Å². The Kier molecular flexibility index (Phi) is 5.54. The highest BCUT2D eigenvalue weighted by molar-refractivity contribution is 5.25. The van der Waals surface area contributed by atoms with Crippen LogP contribution >= 0.6 is 0 Å². The van der Waals surface area contributed by atoms with Crippen molar-refractivity contribution in [3.05, 3.63) is 36.0 Å². The molecule has 0 N–H and O–H groups in total. The topological polar surface area (TPSA) is 0 Å². The van der Waals surface area contributed by atoms with Gasteiger partial charge in [0.1, 0.15) is 0 Å². The molecular weight excluding hydrogens is 132 g/mol. The van der Waals surface area contributed by atoms with Gasteiger partial charge in [0.2, 0.25) is 0 Å². The van der Waals surface area contributed by atoms with Gasteiger partial charge in [0, 0.05) is 0 Å². The highest BCUT2D eigenvalue weighted by Gasteiger charge is 1.92. The van der Waals surface area contributed by atoms with Crippen LogP contribution in [0.4, 0.5) is 0 Å². The standard InChI is InChI=1S/C9H12.C2H6/c1-8-5-3-4-6-9(2)7-8;1-2/h3-8H,1-2H3;1-2H3. The molecule has 0 radical (unpaired) electrons. The molecular formula is C11H18. The van der Waals surface area contributed by atoms with Gasteiger partial charge in [-0.1, -0.05) is 56.7 Å². The van der Waals surface area contributed by atoms with Gasteiger partial charge in [-0.05, 0) is 12.8 Å². The number of hydrogen-bond donors (Lipinski definition) is 0. The first-order valence-electron chi connectivity index (χ1n) is 4.32. The Labute approximate surface area is 70.3 Å². The Hall–Kier alpha value is -0.780. The molecule has 0 aromatic heterocycles. The molecule has 1 aliphatic rings. The van der Waals surface area contributed by atoms with Crippen molar-refractivity contribution in [2.24, 2.45) is 5.92 Å². The van der Waals surface area contributed by atoms with Crippen LogP contribution in [0.15, 0.2) is 36.0 Å². The first kappa shape index (κ1) is 10.2. The number of allylic oxidation sites excluding steroid dienone is 6. The van der Waals surface area contributed by atoms with E-state index in [0.29, 0.717) is 5.92 Å². The Balaban J connectivity index is 0.000000461. The van der Waals surface area contributed by atoms with Gasteiger partial charge in [-0.25, -0.2) is 0 Å². The van der Waals surface area contributed by atoms with E-state index in [9.17, 15) is 0 Å². The van der Waals surface area contributed by atoms with E-state index in [-0.39, 0.29) is 0 Å². The van der Waals surface area contributed by atoms with Crippen LogP contribution in [0.1, 0.15) is 27.7 Å². The molecule has 0 aliphatic heterocycles. The van der Waals surface area contributed by atoms with Crippen LogP contribution in [0, 0.1) is 5.92 Å². The van der Waals surface area contributed by atoms with E-state index in [4.69, 9.17) is 0 Å². The summed E-state index contributed by atoms with van der Waals surface area (Å²) in [6, 6.07) is 0. The molecule has 1 atom stereocenters. The summed E-state index contributed by atoms with van der Waals surface area (Å²) >= 11 is 0. The molecule has 0 amide bonds. The molecule has 0 bridgehead atoms. The molecule has 0 heteroatoms. The smallest absolute Gasteiger partial charge is 0.00730 e. The molecule has 0 heterocycles. The van der Waals surface area contributed by atoms with Gasteiger partial charge in [0.15, 0.2) is 0 Å². The van der Waals surface area contributed by atoms with E-state index in [1.165, 1.54) is 5.57 Å². The van der Waals surface area contributed by atoms with E-state index < -0.39 is 0 Å². The highest BCUT2D eigenvalue weighted by atomic mass is 14.0. The third-order valence-electron chi connectivity index (χ3n) is 1.41. The zero-order valence-electron chi connectivity index (χ0n) is 7.96. The fourth-order valence-corrected chi connectivity index (χ4v) is 0.973. The maximum absolute atomic E-state index is 2.25. The lowest BCUT2D eigenvalue weighted by Crippen LogP contribution is -1.80. The average Bonchev–Trinajstić information content (AvgIpc) is 2.18. The molecule has 62 valence electrons. The van der Waals surface area contributed by atoms with Crippen molar-refractivity contribution in [3.8, 4) is 0 Å². The zero-order chi connectivity index (χ0) is 8.69. The van der Waals surface area contributed by atoms with Crippen molar-refractivity contribution in [2.75, 3.05) is 0 Å². The van der Waals surface area contributed by atoms with Crippen LogP contribution in [-0.4, -0.2) is 0 Å². The number of rotatable bonds is 0. The highest BCUT2D eigenvalue weighted by Crippen LogP contribution is 2.08. The minimum atomic E-state index is 0.597. The van der Waals surface area contributed by atoms with Crippen molar-refractivity contribution in [2.45, 2.75) is 27.7 Å². The molecule has 0 saturated heterocycles. The average molecular weight is 150 g/mol. The lowest BCUT2D eigenvalue weighted by molar-refractivity contribution is 0.934. The monoisotopic (exact) mass is 150 g/mol. The summed E-state index contributed by atoms with van der Waals surface area (Å²) in [6.07, 6.45) is 10.7. The fraction of sp³-hybridized carbons (Fsp3) is 0.455. The van der Waals surface area contributed by atoms with E-state index in [1.54, 1.807) is 0 Å². The SMILES string of the molecule is CC.CC1=CC(C)C=CC=C1. The van der Waals surface area contributed by atoms with E-state index >= 15 is 0 Å². The summed E-state index contributed by atoms with van der Waals surface area (Å²) in [5.41, 5.74) is 1.35. The Morgan fingerprint density at radius 3 is 2.45 bits per heavy atom. The van der Waals surface area contributed by atoms with Crippen LogP contribution < -0.4 is 0 Å². The van der Waals surface area contributed by atoms with E-state index in [0.717, 1.165) is 0 Å². The third kappa shape index (κ3) is 4.60. The first-order valence-corrected chi connectivity index (χ1v) is 4.32. The second-order valence-corrected chi connectivity index (χ2v) is 2.51. The Bertz CT molecular complexity index is 170. The van der Waals surface area contributed by atoms with Gasteiger partial charge in [0.25, 0.3) is 0 Å². The third-order valence-corrected chi connectivity index (χ3v) is 1.41. The predicted molar refractivity (Wildman–Crippen MR) is 52.5 cm³/mol. The van der Waals surface area contributed by atoms with Crippen molar-refractivity contribution in [1.82, 2.24) is 0 Å². The van der Waals surface area contributed by atoms with Crippen LogP contribution in [0.5, 0.6) is 0 Å². The summed E-state index contributed by atoms with van der Waals surface area (Å²) < 4.78 is 0. The molecule has 0 saturated carbocycles. The molecule has 0 spiro atoms. The molecule has 1 aliphatic carbocycles. The minimum Gasteiger partial charge on any atom is -0.0779 e. The maximum Gasteiger partial charge on any atom is -0.00730 e. The van der Waals surface area contributed by atoms with Crippen molar-refractivity contribution in [3.63, 3.8) is 0 Å². The van der Waals surface area contributed by atoms with Gasteiger partial charge >= 0.3 is 0 Å². The van der Waals surface area contributed by atoms with Gasteiger partial charge < -0.3 is 0 Å². The minimum absolute atomic E-state index is 0.597. The second kappa shape index (κ2) is 5.96. The van der Waals surface area contributed by atoms with Crippen LogP contribution in [0.2, 0.25) is 0 Å². The van der Waals surface area contributed by atoms with E-state index in [2.05, 4.69) is 44.2 Å². The Morgan fingerprint density at radius 1 is 1.18 bits per heavy atom. The summed E-state index contributed by atoms with van der Waals surface area (Å²) in [6.45, 7) is 8.31. The summed E-state index contributed by atoms with van der Waals surface area (Å²) in [7, 11) is 0. The largest absolute Gasteiger partial charge is 0.0779 e. The van der Waals surface area contributed by atoms with Gasteiger partial charge in [0.05, 0.1) is 0 Å². The molecule has 0 aromatic carbocycles. The van der Waals surface area contributed by atoms with Crippen LogP contribution in [0.25, 0.3) is 0 Å². The molecule has 0 aromatic rings. The normalized spacial score (nSPS) is 21.5. The molecule has 0 fully saturated rings. The van der Waals surface area contributed by atoms with Gasteiger partial charge in [-0.3, -0.25) is 0 Å². The lowest BCUT2D eigenvalue weighted by atomic mass is 10.1. The first-order chi connectivity index (χ1) is 5.29. The summed E-state index contributed by atoms with van der Waals surface area (Å²) in [4.78, 5) is 0. The predicted octanol–water partition coefficient (Wildman–Crippen LogP) is 3.72. The van der Waals surface area contributed by atoms with Crippen molar-refractivity contribution >= 4 is 0 Å². The maximum atomic E-state index is 2.25. The van der Waals surface area contributed by atoms with Crippen molar-refractivity contribution in [1.29, 1.82) is 0 Å². The Morgan fingerprint density at radius 2 is 1.82 bits per heavy atom. The molecule has 1 rings (SSSR count). The zero-order valence-corrected chi connectivity index (χ0v) is 7.96. The fourth-order valence-electron chi connectivity index (χ4n) is 0.973. The van der Waals surface area contributed by atoms with Crippen LogP contribution in [0.3, 0.4) is 0 Å². The molecule has 1 unspecified atom stereocenters. The second-order valence-electron chi connectivity index (χ2n) is 2.51. The summed E-state index contributed by atoms with van der Waals surface area (Å²) in [5.74, 6) is 0.597. The number of hydrogen-bond acceptors (Lipinski definition) is 0. The van der Waals surface area contributed by atoms with Gasteiger partial charge in [-0.15, -0.1) is 0 Å². The van der Waals surface area contributed by atoms with Crippen molar-refractivity contribution < 1.29 is 0 Å².